The van der Waals surface area contributed by atoms with Crippen molar-refractivity contribution in [2.75, 3.05) is 7.11 Å². The second-order valence-corrected chi connectivity index (χ2v) is 5.79. The second-order valence-electron chi connectivity index (χ2n) is 3.41. The van der Waals surface area contributed by atoms with Crippen LogP contribution in [-0.2, 0) is 21.1 Å². The highest BCUT2D eigenvalue weighted by atomic mass is 32.3. The zero-order valence-electron chi connectivity index (χ0n) is 10.4. The van der Waals surface area contributed by atoms with Crippen molar-refractivity contribution in [3.63, 3.8) is 0 Å². The van der Waals surface area contributed by atoms with Gasteiger partial charge in [-0.1, -0.05) is 23.5 Å². The van der Waals surface area contributed by atoms with Gasteiger partial charge in [0.25, 0.3) is 0 Å². The molecule has 0 saturated heterocycles. The summed E-state index contributed by atoms with van der Waals surface area (Å²) in [6.45, 7) is 5.43. The third-order valence-electron chi connectivity index (χ3n) is 2.31. The van der Waals surface area contributed by atoms with Crippen LogP contribution in [0.4, 0.5) is 0 Å². The molecule has 0 aliphatic carbocycles. The normalized spacial score (nSPS) is 11.1. The summed E-state index contributed by atoms with van der Waals surface area (Å²) in [4.78, 5) is 0. The van der Waals surface area contributed by atoms with Crippen molar-refractivity contribution in [2.45, 2.75) is 20.4 Å². The Morgan fingerprint density at radius 2 is 1.94 bits per heavy atom. The predicted octanol–water partition coefficient (Wildman–Crippen LogP) is 1.61. The quantitative estimate of drug-likeness (QED) is 0.478. The molecule has 18 heavy (non-hydrogen) atoms. The Hall–Kier alpha value is -1.02. The van der Waals surface area contributed by atoms with Gasteiger partial charge < -0.3 is 4.55 Å². The average molecular weight is 289 g/mol. The molecule has 0 unspecified atom stereocenters. The zero-order valence-corrected chi connectivity index (χ0v) is 12.0. The molecule has 0 amide bonds. The largest absolute Gasteiger partial charge is 0.726 e. The maximum atomic E-state index is 9.22. The number of fused-ring (bicyclic) bond motifs is 1. The molecule has 1 aromatic carbocycles. The van der Waals surface area contributed by atoms with E-state index in [2.05, 4.69) is 46.9 Å². The molecule has 0 radical (unpaired) electrons. The lowest BCUT2D eigenvalue weighted by atomic mass is 10.3. The molecule has 0 aliphatic rings. The maximum absolute atomic E-state index is 9.22. The molecular formula is C11H15NO4S2. The lowest BCUT2D eigenvalue weighted by Crippen LogP contribution is -2.33. The predicted molar refractivity (Wildman–Crippen MR) is 69.1 cm³/mol. The monoisotopic (exact) mass is 289 g/mol. The zero-order chi connectivity index (χ0) is 13.8. The van der Waals surface area contributed by atoms with Gasteiger partial charge >= 0.3 is 0 Å². The molecule has 1 heterocycles. The summed E-state index contributed by atoms with van der Waals surface area (Å²) in [6.07, 6.45) is 0. The summed E-state index contributed by atoms with van der Waals surface area (Å²) in [5.41, 5.74) is 1.36. The molecular weight excluding hydrogens is 274 g/mol. The first kappa shape index (κ1) is 15.0. The molecule has 0 spiro atoms. The number of hydrogen-bond acceptors (Lipinski definition) is 5. The molecule has 5 nitrogen and oxygen atoms in total. The number of benzene rings is 1. The first-order chi connectivity index (χ1) is 8.39. The van der Waals surface area contributed by atoms with Crippen molar-refractivity contribution in [3.8, 4) is 0 Å². The van der Waals surface area contributed by atoms with E-state index in [4.69, 9.17) is 0 Å². The van der Waals surface area contributed by atoms with Crippen molar-refractivity contribution < 1.29 is 21.7 Å². The van der Waals surface area contributed by atoms with Gasteiger partial charge in [0, 0.05) is 13.0 Å². The Kier molecular flexibility index (Phi) is 5.21. The molecule has 0 N–H and O–H groups in total. The van der Waals surface area contributed by atoms with Gasteiger partial charge in [-0.3, -0.25) is 4.18 Å². The van der Waals surface area contributed by atoms with Crippen LogP contribution in [-0.4, -0.2) is 20.1 Å². The maximum Gasteiger partial charge on any atom is 0.235 e. The summed E-state index contributed by atoms with van der Waals surface area (Å²) in [5, 5.41) is 1.39. The van der Waals surface area contributed by atoms with Gasteiger partial charge in [-0.15, -0.1) is 0 Å². The van der Waals surface area contributed by atoms with E-state index in [0.29, 0.717) is 0 Å². The number of para-hydroxylation sites is 1. The van der Waals surface area contributed by atoms with Crippen molar-refractivity contribution in [1.82, 2.24) is 0 Å². The summed E-state index contributed by atoms with van der Waals surface area (Å²) in [6, 6.07) is 8.56. The lowest BCUT2D eigenvalue weighted by molar-refractivity contribution is -0.669. The molecule has 0 aliphatic heterocycles. The fraction of sp³-hybridized carbons (Fsp3) is 0.364. The summed E-state index contributed by atoms with van der Waals surface area (Å²) in [5.74, 6) is 0. The summed E-state index contributed by atoms with van der Waals surface area (Å²) < 4.78 is 34.8. The van der Waals surface area contributed by atoms with Crippen LogP contribution in [0.3, 0.4) is 0 Å². The molecule has 0 bridgehead atoms. The summed E-state index contributed by atoms with van der Waals surface area (Å²) in [7, 11) is -3.60. The van der Waals surface area contributed by atoms with Crippen molar-refractivity contribution in [2.24, 2.45) is 0 Å². The fourth-order valence-electron chi connectivity index (χ4n) is 1.54. The highest BCUT2D eigenvalue weighted by Crippen LogP contribution is 2.18. The van der Waals surface area contributed by atoms with Gasteiger partial charge in [0.2, 0.25) is 20.9 Å². The Balaban J connectivity index is 0.000000232. The minimum atomic E-state index is -4.41. The van der Waals surface area contributed by atoms with Gasteiger partial charge in [-0.2, -0.15) is 4.57 Å². The van der Waals surface area contributed by atoms with Crippen molar-refractivity contribution in [3.05, 3.63) is 29.3 Å². The molecule has 0 fully saturated rings. The van der Waals surface area contributed by atoms with E-state index >= 15 is 0 Å². The Morgan fingerprint density at radius 1 is 1.39 bits per heavy atom. The molecule has 7 heteroatoms. The minimum absolute atomic E-state index is 0.808. The topological polar surface area (TPSA) is 70.3 Å². The van der Waals surface area contributed by atoms with Crippen LogP contribution in [0.1, 0.15) is 11.9 Å². The summed E-state index contributed by atoms with van der Waals surface area (Å²) >= 11 is 1.87. The third-order valence-corrected chi connectivity index (χ3v) is 3.80. The van der Waals surface area contributed by atoms with Gasteiger partial charge in [-0.05, 0) is 13.0 Å². The molecule has 100 valence electrons. The van der Waals surface area contributed by atoms with Crippen LogP contribution >= 0.6 is 11.3 Å². The molecule has 2 aromatic rings. The molecule has 2 rings (SSSR count). The third kappa shape index (κ3) is 4.02. The van der Waals surface area contributed by atoms with Crippen LogP contribution < -0.4 is 4.57 Å². The van der Waals surface area contributed by atoms with E-state index in [1.165, 1.54) is 15.2 Å². The standard InChI is InChI=1S/C10H12NS.CH4O4S/c1-3-11-8(2)12-10-7-5-4-6-9(10)11;1-5-6(2,3)4/h4-7H,3H2,1-2H3;1H3,(H,2,3,4)/q+1;/p-1. The van der Waals surface area contributed by atoms with Crippen molar-refractivity contribution in [1.29, 1.82) is 0 Å². The number of nitrogens with zero attached hydrogens (tertiary/aromatic N) is 1. The lowest BCUT2D eigenvalue weighted by Gasteiger charge is -1.98. The van der Waals surface area contributed by atoms with Gasteiger partial charge in [0.1, 0.15) is 11.2 Å². The van der Waals surface area contributed by atoms with Gasteiger partial charge in [0.05, 0.1) is 7.11 Å². The van der Waals surface area contributed by atoms with E-state index in [1.54, 1.807) is 0 Å². The van der Waals surface area contributed by atoms with E-state index < -0.39 is 10.4 Å². The second kappa shape index (κ2) is 6.24. The van der Waals surface area contributed by atoms with Gasteiger partial charge in [0.15, 0.2) is 0 Å². The first-order valence-electron chi connectivity index (χ1n) is 5.28. The molecule has 0 saturated carbocycles. The van der Waals surface area contributed by atoms with E-state index in [1.807, 2.05) is 11.3 Å². The molecule has 1 aromatic heterocycles. The van der Waals surface area contributed by atoms with Crippen molar-refractivity contribution >= 4 is 32.0 Å². The fourth-order valence-corrected chi connectivity index (χ4v) is 2.63. The van der Waals surface area contributed by atoms with E-state index in [0.717, 1.165) is 13.7 Å². The Morgan fingerprint density at radius 3 is 2.44 bits per heavy atom. The Labute approximate surface area is 111 Å². The highest BCUT2D eigenvalue weighted by Gasteiger charge is 2.13. The number of hydrogen-bond donors (Lipinski definition) is 0. The van der Waals surface area contributed by atoms with Crippen LogP contribution in [0.2, 0.25) is 0 Å². The minimum Gasteiger partial charge on any atom is -0.726 e. The number of thiazole rings is 1. The number of rotatable bonds is 2. The number of aromatic nitrogens is 1. The first-order valence-corrected chi connectivity index (χ1v) is 7.43. The van der Waals surface area contributed by atoms with Crippen LogP contribution in [0, 0.1) is 6.92 Å². The van der Waals surface area contributed by atoms with E-state index in [9.17, 15) is 13.0 Å². The average Bonchev–Trinajstić information content (AvgIpc) is 2.64. The smallest absolute Gasteiger partial charge is 0.235 e. The highest BCUT2D eigenvalue weighted by molar-refractivity contribution is 7.80. The van der Waals surface area contributed by atoms with E-state index in [-0.39, 0.29) is 0 Å². The SMILES string of the molecule is CC[n+]1c(C)sc2ccccc21.COS(=O)(=O)[O-]. The van der Waals surface area contributed by atoms with Crippen LogP contribution in [0.25, 0.3) is 10.2 Å². The van der Waals surface area contributed by atoms with Gasteiger partial charge in [-0.25, -0.2) is 8.42 Å². The Bertz CT molecular complexity index is 619. The number of aryl methyl sites for hydroxylation is 2. The molecule has 0 atom stereocenters. The van der Waals surface area contributed by atoms with Crippen LogP contribution in [0.15, 0.2) is 24.3 Å². The van der Waals surface area contributed by atoms with Crippen LogP contribution in [0.5, 0.6) is 0 Å².